The summed E-state index contributed by atoms with van der Waals surface area (Å²) < 4.78 is 35.3. The first kappa shape index (κ1) is 13.2. The number of alkyl halides is 2. The Hall–Kier alpha value is -1.85. The summed E-state index contributed by atoms with van der Waals surface area (Å²) in [4.78, 5) is 10.6. The molecule has 0 bridgehead atoms. The zero-order valence-corrected chi connectivity index (χ0v) is 9.37. The van der Waals surface area contributed by atoms with Crippen LogP contribution < -0.4 is 9.47 Å². The van der Waals surface area contributed by atoms with Crippen LogP contribution in [0, 0.1) is 0 Å². The molecule has 0 atom stereocenters. The van der Waals surface area contributed by atoms with Crippen LogP contribution in [0.25, 0.3) is 0 Å². The molecule has 1 aromatic rings. The minimum Gasteiger partial charge on any atom is -0.493 e. The fraction of sp³-hybridized carbons (Fsp3) is 0.364. The fourth-order valence-corrected chi connectivity index (χ4v) is 1.46. The van der Waals surface area contributed by atoms with Gasteiger partial charge in [-0.2, -0.15) is 0 Å². The van der Waals surface area contributed by atoms with Gasteiger partial charge in [0.25, 0.3) is 6.43 Å². The van der Waals surface area contributed by atoms with Crippen molar-refractivity contribution in [1.29, 1.82) is 0 Å². The lowest BCUT2D eigenvalue weighted by molar-refractivity contribution is -0.136. The van der Waals surface area contributed by atoms with Gasteiger partial charge in [0.15, 0.2) is 11.5 Å². The van der Waals surface area contributed by atoms with Gasteiger partial charge in [-0.3, -0.25) is 4.79 Å². The third-order valence-electron chi connectivity index (χ3n) is 2.22. The van der Waals surface area contributed by atoms with Crippen LogP contribution in [0.2, 0.25) is 0 Å². The Balaban J connectivity index is 3.29. The predicted octanol–water partition coefficient (Wildman–Crippen LogP) is 2.27. The van der Waals surface area contributed by atoms with Crippen molar-refractivity contribution in [2.75, 3.05) is 14.2 Å². The summed E-state index contributed by atoms with van der Waals surface area (Å²) in [7, 11) is 2.68. The molecule has 0 aliphatic heterocycles. The molecular formula is C11H12F2O4. The summed E-state index contributed by atoms with van der Waals surface area (Å²) in [6.07, 6.45) is -3.25. The van der Waals surface area contributed by atoms with Crippen LogP contribution in [0.4, 0.5) is 8.78 Å². The molecule has 0 unspecified atom stereocenters. The van der Waals surface area contributed by atoms with Crippen molar-refractivity contribution in [2.45, 2.75) is 12.8 Å². The number of carbonyl (C=O) groups is 1. The van der Waals surface area contributed by atoms with E-state index in [1.54, 1.807) is 0 Å². The minimum atomic E-state index is -2.76. The van der Waals surface area contributed by atoms with Gasteiger partial charge >= 0.3 is 5.97 Å². The number of methoxy groups -OCH3 is 2. The summed E-state index contributed by atoms with van der Waals surface area (Å²) in [5.41, 5.74) is -0.338. The van der Waals surface area contributed by atoms with E-state index in [1.807, 2.05) is 0 Å². The Bertz CT molecular complexity index is 418. The smallest absolute Gasteiger partial charge is 0.307 e. The van der Waals surface area contributed by atoms with Crippen molar-refractivity contribution in [2.24, 2.45) is 0 Å². The van der Waals surface area contributed by atoms with Gasteiger partial charge in [-0.05, 0) is 17.7 Å². The highest BCUT2D eigenvalue weighted by molar-refractivity contribution is 5.71. The molecule has 0 fully saturated rings. The minimum absolute atomic E-state index is 0.0187. The standard InChI is InChI=1S/C11H12F2O4/c1-16-8-3-6(4-10(14)15)7(11(12)13)5-9(8)17-2/h3,5,11H,4H2,1-2H3,(H,14,15). The second-order valence-corrected chi connectivity index (χ2v) is 3.28. The van der Waals surface area contributed by atoms with Crippen LogP contribution in [0.15, 0.2) is 12.1 Å². The number of hydrogen-bond acceptors (Lipinski definition) is 3. The molecule has 0 heterocycles. The number of aliphatic carboxylic acids is 1. The Labute approximate surface area is 96.8 Å². The van der Waals surface area contributed by atoms with Crippen LogP contribution in [0.3, 0.4) is 0 Å². The van der Waals surface area contributed by atoms with Crippen molar-refractivity contribution in [3.8, 4) is 11.5 Å². The number of carboxylic acid groups (broad SMARTS) is 1. The monoisotopic (exact) mass is 246 g/mol. The van der Waals surface area contributed by atoms with E-state index >= 15 is 0 Å². The van der Waals surface area contributed by atoms with Gasteiger partial charge in [0.2, 0.25) is 0 Å². The zero-order valence-electron chi connectivity index (χ0n) is 9.37. The van der Waals surface area contributed by atoms with Gasteiger partial charge < -0.3 is 14.6 Å². The van der Waals surface area contributed by atoms with E-state index in [2.05, 4.69) is 0 Å². The van der Waals surface area contributed by atoms with Crippen LogP contribution in [-0.4, -0.2) is 25.3 Å². The molecule has 1 rings (SSSR count). The first-order chi connectivity index (χ1) is 7.99. The molecule has 4 nitrogen and oxygen atoms in total. The third kappa shape index (κ3) is 3.05. The van der Waals surface area contributed by atoms with Crippen molar-refractivity contribution >= 4 is 5.97 Å². The van der Waals surface area contributed by atoms with Crippen molar-refractivity contribution < 1.29 is 28.2 Å². The fourth-order valence-electron chi connectivity index (χ4n) is 1.46. The summed E-state index contributed by atoms with van der Waals surface area (Å²) in [5.74, 6) is -0.802. The number of hydrogen-bond donors (Lipinski definition) is 1. The number of halogens is 2. The molecule has 0 saturated heterocycles. The van der Waals surface area contributed by atoms with E-state index in [4.69, 9.17) is 14.6 Å². The van der Waals surface area contributed by atoms with Crippen LogP contribution in [-0.2, 0) is 11.2 Å². The molecular weight excluding hydrogens is 234 g/mol. The molecule has 0 aliphatic rings. The summed E-state index contributed by atoms with van der Waals surface area (Å²) in [5, 5.41) is 8.65. The van der Waals surface area contributed by atoms with Crippen LogP contribution in [0.5, 0.6) is 11.5 Å². The maximum Gasteiger partial charge on any atom is 0.307 e. The molecule has 1 N–H and O–H groups in total. The van der Waals surface area contributed by atoms with E-state index in [9.17, 15) is 13.6 Å². The highest BCUT2D eigenvalue weighted by Crippen LogP contribution is 2.35. The van der Waals surface area contributed by atoms with E-state index in [-0.39, 0.29) is 22.6 Å². The highest BCUT2D eigenvalue weighted by atomic mass is 19.3. The summed E-state index contributed by atoms with van der Waals surface area (Å²) in [6, 6.07) is 2.36. The van der Waals surface area contributed by atoms with E-state index < -0.39 is 18.8 Å². The molecule has 0 aromatic heterocycles. The second-order valence-electron chi connectivity index (χ2n) is 3.28. The molecule has 0 saturated carbocycles. The van der Waals surface area contributed by atoms with Gasteiger partial charge in [-0.15, -0.1) is 0 Å². The van der Waals surface area contributed by atoms with Crippen molar-refractivity contribution in [3.05, 3.63) is 23.3 Å². The largest absolute Gasteiger partial charge is 0.493 e. The molecule has 0 amide bonds. The van der Waals surface area contributed by atoms with Gasteiger partial charge in [0.05, 0.1) is 20.6 Å². The lowest BCUT2D eigenvalue weighted by Gasteiger charge is -2.13. The first-order valence-corrected chi connectivity index (χ1v) is 4.74. The number of carboxylic acids is 1. The van der Waals surface area contributed by atoms with Gasteiger partial charge in [-0.25, -0.2) is 8.78 Å². The van der Waals surface area contributed by atoms with Crippen molar-refractivity contribution in [3.63, 3.8) is 0 Å². The van der Waals surface area contributed by atoms with Crippen LogP contribution >= 0.6 is 0 Å². The third-order valence-corrected chi connectivity index (χ3v) is 2.22. The highest BCUT2D eigenvalue weighted by Gasteiger charge is 2.19. The molecule has 94 valence electrons. The van der Waals surface area contributed by atoms with Gasteiger partial charge in [0, 0.05) is 5.56 Å². The second kappa shape index (κ2) is 5.47. The van der Waals surface area contributed by atoms with Crippen LogP contribution in [0.1, 0.15) is 17.6 Å². The number of benzene rings is 1. The average molecular weight is 246 g/mol. The maximum atomic E-state index is 12.7. The molecule has 0 aliphatic carbocycles. The van der Waals surface area contributed by atoms with Gasteiger partial charge in [-0.1, -0.05) is 0 Å². The van der Waals surface area contributed by atoms with E-state index in [1.165, 1.54) is 20.3 Å². The molecule has 1 aromatic carbocycles. The molecule has 17 heavy (non-hydrogen) atoms. The quantitative estimate of drug-likeness (QED) is 0.865. The maximum absolute atomic E-state index is 12.7. The summed E-state index contributed by atoms with van der Waals surface area (Å²) >= 11 is 0. The van der Waals surface area contributed by atoms with Gasteiger partial charge in [0.1, 0.15) is 0 Å². The Morgan fingerprint density at radius 2 is 1.82 bits per heavy atom. The zero-order chi connectivity index (χ0) is 13.0. The van der Waals surface area contributed by atoms with Crippen molar-refractivity contribution in [1.82, 2.24) is 0 Å². The van der Waals surface area contributed by atoms with E-state index in [0.29, 0.717) is 0 Å². The lowest BCUT2D eigenvalue weighted by atomic mass is 10.0. The molecule has 0 spiro atoms. The predicted molar refractivity (Wildman–Crippen MR) is 55.8 cm³/mol. The van der Waals surface area contributed by atoms with E-state index in [0.717, 1.165) is 6.07 Å². The Morgan fingerprint density at radius 3 is 2.24 bits per heavy atom. The average Bonchev–Trinajstić information content (AvgIpc) is 2.27. The lowest BCUT2D eigenvalue weighted by Crippen LogP contribution is -2.05. The number of ether oxygens (including phenoxy) is 2. The topological polar surface area (TPSA) is 55.8 Å². The number of rotatable bonds is 5. The SMILES string of the molecule is COc1cc(CC(=O)O)c(C(F)F)cc1OC. The molecule has 0 radical (unpaired) electrons. The Morgan fingerprint density at radius 1 is 1.29 bits per heavy atom. The normalized spacial score (nSPS) is 10.4. The Kier molecular flexibility index (Phi) is 4.25. The first-order valence-electron chi connectivity index (χ1n) is 4.74. The molecule has 6 heteroatoms. The summed E-state index contributed by atoms with van der Waals surface area (Å²) in [6.45, 7) is 0.